The molecular weight excluding hydrogens is 242 g/mol. The summed E-state index contributed by atoms with van der Waals surface area (Å²) in [7, 11) is 0. The second-order valence-electron chi connectivity index (χ2n) is 4.88. The third-order valence-corrected chi connectivity index (χ3v) is 2.77. The maximum atomic E-state index is 11.8. The number of phenols is 1. The number of benzene rings is 1. The van der Waals surface area contributed by atoms with Crippen molar-refractivity contribution in [3.63, 3.8) is 0 Å². The van der Waals surface area contributed by atoms with Crippen LogP contribution in [-0.2, 0) is 4.74 Å². The summed E-state index contributed by atoms with van der Waals surface area (Å²) in [5.41, 5.74) is 1.28. The molecule has 0 aromatic heterocycles. The van der Waals surface area contributed by atoms with Crippen LogP contribution < -0.4 is 5.32 Å². The Bertz CT molecular complexity index is 416. The number of hydrogen-bond acceptors (Lipinski definition) is 3. The zero-order valence-electron chi connectivity index (χ0n) is 11.9. The van der Waals surface area contributed by atoms with Gasteiger partial charge in [0.2, 0.25) is 0 Å². The molecule has 0 heterocycles. The van der Waals surface area contributed by atoms with Crippen LogP contribution in [0.1, 0.15) is 42.6 Å². The summed E-state index contributed by atoms with van der Waals surface area (Å²) in [4.78, 5) is 11.8. The van der Waals surface area contributed by atoms with Gasteiger partial charge in [-0.1, -0.05) is 0 Å². The monoisotopic (exact) mass is 265 g/mol. The van der Waals surface area contributed by atoms with E-state index in [2.05, 4.69) is 5.32 Å². The summed E-state index contributed by atoms with van der Waals surface area (Å²) in [6, 6.07) is 4.85. The SMILES string of the molecule is Cc1cc(C(=O)NCCCCOC(C)C)ccc1O. The van der Waals surface area contributed by atoms with Crippen LogP contribution >= 0.6 is 0 Å². The van der Waals surface area contributed by atoms with Gasteiger partial charge in [0, 0.05) is 18.7 Å². The van der Waals surface area contributed by atoms with Crippen molar-refractivity contribution in [1.29, 1.82) is 0 Å². The fourth-order valence-electron chi connectivity index (χ4n) is 1.65. The fraction of sp³-hybridized carbons (Fsp3) is 0.533. The average molecular weight is 265 g/mol. The normalized spacial score (nSPS) is 10.7. The molecule has 0 aliphatic heterocycles. The van der Waals surface area contributed by atoms with Gasteiger partial charge >= 0.3 is 0 Å². The largest absolute Gasteiger partial charge is 0.508 e. The Morgan fingerprint density at radius 1 is 1.37 bits per heavy atom. The number of ether oxygens (including phenoxy) is 1. The number of phenolic OH excluding ortho intramolecular Hbond substituents is 1. The quantitative estimate of drug-likeness (QED) is 0.745. The van der Waals surface area contributed by atoms with Gasteiger partial charge in [-0.3, -0.25) is 4.79 Å². The van der Waals surface area contributed by atoms with Crippen molar-refractivity contribution in [3.8, 4) is 5.75 Å². The standard InChI is InChI=1S/C15H23NO3/c1-11(2)19-9-5-4-8-16-15(18)13-6-7-14(17)12(3)10-13/h6-7,10-11,17H,4-5,8-9H2,1-3H3,(H,16,18). The van der Waals surface area contributed by atoms with Gasteiger partial charge in [-0.2, -0.15) is 0 Å². The molecule has 0 spiro atoms. The first kappa shape index (κ1) is 15.5. The molecule has 1 rings (SSSR count). The Balaban J connectivity index is 2.26. The lowest BCUT2D eigenvalue weighted by Gasteiger charge is -2.08. The van der Waals surface area contributed by atoms with Crippen LogP contribution in [0.2, 0.25) is 0 Å². The van der Waals surface area contributed by atoms with Crippen molar-refractivity contribution in [1.82, 2.24) is 5.32 Å². The lowest BCUT2D eigenvalue weighted by atomic mass is 10.1. The second kappa shape index (κ2) is 7.79. The Morgan fingerprint density at radius 3 is 2.74 bits per heavy atom. The molecule has 0 aliphatic carbocycles. The summed E-state index contributed by atoms with van der Waals surface area (Å²) in [6.45, 7) is 7.16. The average Bonchev–Trinajstić information content (AvgIpc) is 2.36. The van der Waals surface area contributed by atoms with E-state index in [1.54, 1.807) is 25.1 Å². The van der Waals surface area contributed by atoms with Gasteiger partial charge < -0.3 is 15.2 Å². The third kappa shape index (κ3) is 5.75. The van der Waals surface area contributed by atoms with Crippen LogP contribution in [0.15, 0.2) is 18.2 Å². The maximum absolute atomic E-state index is 11.8. The molecule has 0 radical (unpaired) electrons. The van der Waals surface area contributed by atoms with Crippen LogP contribution in [0, 0.1) is 6.92 Å². The number of unbranched alkanes of at least 4 members (excludes halogenated alkanes) is 1. The third-order valence-electron chi connectivity index (χ3n) is 2.77. The number of nitrogens with one attached hydrogen (secondary N) is 1. The van der Waals surface area contributed by atoms with E-state index in [-0.39, 0.29) is 17.8 Å². The Kier molecular flexibility index (Phi) is 6.36. The van der Waals surface area contributed by atoms with E-state index < -0.39 is 0 Å². The zero-order valence-corrected chi connectivity index (χ0v) is 11.9. The summed E-state index contributed by atoms with van der Waals surface area (Å²) < 4.78 is 5.42. The number of rotatable bonds is 7. The second-order valence-corrected chi connectivity index (χ2v) is 4.88. The molecule has 1 amide bonds. The smallest absolute Gasteiger partial charge is 0.251 e. The van der Waals surface area contributed by atoms with Gasteiger partial charge in [0.05, 0.1) is 6.10 Å². The number of hydrogen-bond donors (Lipinski definition) is 2. The molecule has 0 saturated heterocycles. The molecule has 0 unspecified atom stereocenters. The topological polar surface area (TPSA) is 58.6 Å². The van der Waals surface area contributed by atoms with E-state index in [9.17, 15) is 9.90 Å². The first-order chi connectivity index (χ1) is 9.00. The molecule has 19 heavy (non-hydrogen) atoms. The van der Waals surface area contributed by atoms with Crippen molar-refractivity contribution in [2.24, 2.45) is 0 Å². The number of carbonyl (C=O) groups is 1. The van der Waals surface area contributed by atoms with Crippen LogP contribution in [-0.4, -0.2) is 30.3 Å². The van der Waals surface area contributed by atoms with E-state index in [1.165, 1.54) is 0 Å². The highest BCUT2D eigenvalue weighted by Crippen LogP contribution is 2.16. The van der Waals surface area contributed by atoms with E-state index in [0.29, 0.717) is 17.7 Å². The first-order valence-electron chi connectivity index (χ1n) is 6.70. The van der Waals surface area contributed by atoms with Gasteiger partial charge in [-0.15, -0.1) is 0 Å². The van der Waals surface area contributed by atoms with Crippen LogP contribution in [0.3, 0.4) is 0 Å². The van der Waals surface area contributed by atoms with E-state index in [1.807, 2.05) is 13.8 Å². The van der Waals surface area contributed by atoms with Crippen molar-refractivity contribution >= 4 is 5.91 Å². The van der Waals surface area contributed by atoms with Crippen LogP contribution in [0.25, 0.3) is 0 Å². The molecule has 0 aliphatic rings. The lowest BCUT2D eigenvalue weighted by Crippen LogP contribution is -2.24. The van der Waals surface area contributed by atoms with Gasteiger partial charge in [-0.05, 0) is 57.4 Å². The predicted molar refractivity (Wildman–Crippen MR) is 75.5 cm³/mol. The summed E-state index contributed by atoms with van der Waals surface area (Å²) in [6.07, 6.45) is 2.09. The maximum Gasteiger partial charge on any atom is 0.251 e. The predicted octanol–water partition coefficient (Wildman–Crippen LogP) is 2.64. The van der Waals surface area contributed by atoms with E-state index in [4.69, 9.17) is 4.74 Å². The van der Waals surface area contributed by atoms with Gasteiger partial charge in [0.25, 0.3) is 5.91 Å². The molecule has 1 aromatic rings. The molecular formula is C15H23NO3. The Hall–Kier alpha value is -1.55. The number of amides is 1. The highest BCUT2D eigenvalue weighted by molar-refractivity contribution is 5.94. The highest BCUT2D eigenvalue weighted by Gasteiger charge is 2.06. The van der Waals surface area contributed by atoms with Gasteiger partial charge in [-0.25, -0.2) is 0 Å². The molecule has 0 bridgehead atoms. The Labute approximate surface area is 114 Å². The molecule has 4 heteroatoms. The summed E-state index contributed by atoms with van der Waals surface area (Å²) >= 11 is 0. The molecule has 0 fully saturated rings. The molecule has 0 atom stereocenters. The number of aryl methyl sites for hydroxylation is 1. The van der Waals surface area contributed by atoms with Crippen molar-refractivity contribution in [2.75, 3.05) is 13.2 Å². The minimum Gasteiger partial charge on any atom is -0.508 e. The van der Waals surface area contributed by atoms with E-state index in [0.717, 1.165) is 19.4 Å². The first-order valence-corrected chi connectivity index (χ1v) is 6.70. The number of carbonyl (C=O) groups excluding carboxylic acids is 1. The zero-order chi connectivity index (χ0) is 14.3. The minimum absolute atomic E-state index is 0.104. The summed E-state index contributed by atoms with van der Waals surface area (Å²) in [5, 5.41) is 12.3. The van der Waals surface area contributed by atoms with Crippen molar-refractivity contribution in [2.45, 2.75) is 39.7 Å². The fourth-order valence-corrected chi connectivity index (χ4v) is 1.65. The van der Waals surface area contributed by atoms with Gasteiger partial charge in [0.1, 0.15) is 5.75 Å². The summed E-state index contributed by atoms with van der Waals surface area (Å²) in [5.74, 6) is 0.107. The minimum atomic E-state index is -0.104. The van der Waals surface area contributed by atoms with E-state index >= 15 is 0 Å². The molecule has 1 aromatic carbocycles. The lowest BCUT2D eigenvalue weighted by molar-refractivity contribution is 0.0754. The van der Waals surface area contributed by atoms with Gasteiger partial charge in [0.15, 0.2) is 0 Å². The number of aromatic hydroxyl groups is 1. The molecule has 2 N–H and O–H groups in total. The molecule has 0 saturated carbocycles. The van der Waals surface area contributed by atoms with Crippen LogP contribution in [0.4, 0.5) is 0 Å². The van der Waals surface area contributed by atoms with Crippen LogP contribution in [0.5, 0.6) is 5.75 Å². The highest BCUT2D eigenvalue weighted by atomic mass is 16.5. The molecule has 106 valence electrons. The van der Waals surface area contributed by atoms with Crippen molar-refractivity contribution < 1.29 is 14.6 Å². The van der Waals surface area contributed by atoms with Crippen molar-refractivity contribution in [3.05, 3.63) is 29.3 Å². The molecule has 4 nitrogen and oxygen atoms in total. The Morgan fingerprint density at radius 2 is 2.11 bits per heavy atom.